The maximum Gasteiger partial charge on any atom is 0.240 e. The molecule has 1 fully saturated rings. The van der Waals surface area contributed by atoms with E-state index in [2.05, 4.69) is 11.6 Å². The van der Waals surface area contributed by atoms with Gasteiger partial charge < -0.3 is 5.73 Å². The smallest absolute Gasteiger partial charge is 0.240 e. The van der Waals surface area contributed by atoms with Crippen LogP contribution in [0.4, 0.5) is 10.1 Å². The molecule has 0 aromatic heterocycles. The second-order valence-electron chi connectivity index (χ2n) is 5.21. The summed E-state index contributed by atoms with van der Waals surface area (Å²) in [4.78, 5) is 0.0111. The Kier molecular flexibility index (Phi) is 3.82. The average Bonchev–Trinajstić information content (AvgIpc) is 2.31. The zero-order valence-corrected chi connectivity index (χ0v) is 11.8. The second-order valence-corrected chi connectivity index (χ2v) is 6.98. The van der Waals surface area contributed by atoms with Crippen LogP contribution in [0, 0.1) is 11.2 Å². The SMILES string of the molecule is CCC1(CNS(=O)(=O)c2ccc(F)c(N)c2)CCC1. The molecule has 1 aliphatic rings. The Hall–Kier alpha value is -1.14. The molecular weight excluding hydrogens is 267 g/mol. The average molecular weight is 286 g/mol. The Morgan fingerprint density at radius 2 is 2.11 bits per heavy atom. The summed E-state index contributed by atoms with van der Waals surface area (Å²) < 4.78 is 39.9. The fraction of sp³-hybridized carbons (Fsp3) is 0.538. The number of rotatable bonds is 5. The van der Waals surface area contributed by atoms with E-state index in [-0.39, 0.29) is 16.0 Å². The molecule has 2 rings (SSSR count). The van der Waals surface area contributed by atoms with Crippen molar-refractivity contribution in [2.24, 2.45) is 5.41 Å². The van der Waals surface area contributed by atoms with Crippen LogP contribution >= 0.6 is 0 Å². The molecule has 1 saturated carbocycles. The molecule has 0 atom stereocenters. The van der Waals surface area contributed by atoms with Crippen LogP contribution in [0.3, 0.4) is 0 Å². The number of benzene rings is 1. The lowest BCUT2D eigenvalue weighted by atomic mass is 9.67. The van der Waals surface area contributed by atoms with E-state index < -0.39 is 15.8 Å². The first-order valence-corrected chi connectivity index (χ1v) is 7.92. The Balaban J connectivity index is 2.11. The van der Waals surface area contributed by atoms with Crippen LogP contribution in [0.2, 0.25) is 0 Å². The summed E-state index contributed by atoms with van der Waals surface area (Å²) in [6.45, 7) is 2.51. The zero-order valence-electron chi connectivity index (χ0n) is 10.9. The number of hydrogen-bond donors (Lipinski definition) is 2. The largest absolute Gasteiger partial charge is 0.396 e. The van der Waals surface area contributed by atoms with Gasteiger partial charge in [-0.2, -0.15) is 0 Å². The third-order valence-electron chi connectivity index (χ3n) is 4.08. The van der Waals surface area contributed by atoms with Crippen molar-refractivity contribution in [3.05, 3.63) is 24.0 Å². The van der Waals surface area contributed by atoms with Crippen molar-refractivity contribution in [1.82, 2.24) is 4.72 Å². The quantitative estimate of drug-likeness (QED) is 0.816. The monoisotopic (exact) mass is 286 g/mol. The Labute approximate surface area is 113 Å². The Morgan fingerprint density at radius 1 is 1.42 bits per heavy atom. The molecule has 0 unspecified atom stereocenters. The highest BCUT2D eigenvalue weighted by molar-refractivity contribution is 7.89. The van der Waals surface area contributed by atoms with Crippen LogP contribution in [0.15, 0.2) is 23.1 Å². The van der Waals surface area contributed by atoms with Crippen LogP contribution in [0.5, 0.6) is 0 Å². The third-order valence-corrected chi connectivity index (χ3v) is 5.48. The predicted octanol–water partition coefficient (Wildman–Crippen LogP) is 2.27. The van der Waals surface area contributed by atoms with Crippen LogP contribution < -0.4 is 10.5 Å². The van der Waals surface area contributed by atoms with E-state index in [1.807, 2.05) is 0 Å². The summed E-state index contributed by atoms with van der Waals surface area (Å²) in [7, 11) is -3.62. The van der Waals surface area contributed by atoms with E-state index in [1.54, 1.807) is 0 Å². The first-order valence-electron chi connectivity index (χ1n) is 6.43. The van der Waals surface area contributed by atoms with Gasteiger partial charge in [-0.25, -0.2) is 17.5 Å². The molecule has 3 N–H and O–H groups in total. The molecule has 1 aromatic carbocycles. The molecule has 6 heteroatoms. The van der Waals surface area contributed by atoms with Crippen molar-refractivity contribution in [1.29, 1.82) is 0 Å². The molecule has 4 nitrogen and oxygen atoms in total. The molecule has 106 valence electrons. The third kappa shape index (κ3) is 2.90. The van der Waals surface area contributed by atoms with Gasteiger partial charge in [0.05, 0.1) is 10.6 Å². The van der Waals surface area contributed by atoms with Crippen LogP contribution in [-0.2, 0) is 10.0 Å². The summed E-state index contributed by atoms with van der Waals surface area (Å²) in [5.74, 6) is -0.608. The van der Waals surface area contributed by atoms with Crippen molar-refractivity contribution in [2.45, 2.75) is 37.5 Å². The summed E-state index contributed by atoms with van der Waals surface area (Å²) in [5, 5.41) is 0. The van der Waals surface area contributed by atoms with Gasteiger partial charge in [-0.15, -0.1) is 0 Å². The van der Waals surface area contributed by atoms with Crippen molar-refractivity contribution in [3.8, 4) is 0 Å². The van der Waals surface area contributed by atoms with Gasteiger partial charge in [-0.3, -0.25) is 0 Å². The molecule has 0 spiro atoms. The number of sulfonamides is 1. The number of hydrogen-bond acceptors (Lipinski definition) is 3. The zero-order chi connectivity index (χ0) is 14.1. The molecule has 1 aromatic rings. The topological polar surface area (TPSA) is 72.2 Å². The molecule has 0 bridgehead atoms. The molecule has 0 heterocycles. The minimum atomic E-state index is -3.62. The van der Waals surface area contributed by atoms with Gasteiger partial charge in [0.1, 0.15) is 5.82 Å². The lowest BCUT2D eigenvalue weighted by molar-refractivity contribution is 0.133. The number of halogens is 1. The summed E-state index contributed by atoms with van der Waals surface area (Å²) in [6.07, 6.45) is 4.22. The number of anilines is 1. The predicted molar refractivity (Wildman–Crippen MR) is 72.6 cm³/mol. The molecular formula is C13H19FN2O2S. The van der Waals surface area contributed by atoms with Crippen LogP contribution in [0.25, 0.3) is 0 Å². The van der Waals surface area contributed by atoms with Crippen molar-refractivity contribution in [2.75, 3.05) is 12.3 Å². The molecule has 1 aliphatic carbocycles. The molecule has 0 saturated heterocycles. The molecule has 0 amide bonds. The van der Waals surface area contributed by atoms with Crippen molar-refractivity contribution < 1.29 is 12.8 Å². The number of nitrogens with two attached hydrogens (primary N) is 1. The molecule has 0 radical (unpaired) electrons. The van der Waals surface area contributed by atoms with Gasteiger partial charge >= 0.3 is 0 Å². The normalized spacial score (nSPS) is 18.0. The van der Waals surface area contributed by atoms with E-state index in [4.69, 9.17) is 5.73 Å². The second kappa shape index (κ2) is 5.09. The van der Waals surface area contributed by atoms with Crippen LogP contribution in [0.1, 0.15) is 32.6 Å². The van der Waals surface area contributed by atoms with Gasteiger partial charge in [0, 0.05) is 6.54 Å². The summed E-state index contributed by atoms with van der Waals surface area (Å²) in [5.41, 5.74) is 5.34. The molecule has 0 aliphatic heterocycles. The van der Waals surface area contributed by atoms with E-state index in [0.717, 1.165) is 37.8 Å². The highest BCUT2D eigenvalue weighted by Gasteiger charge is 2.36. The summed E-state index contributed by atoms with van der Waals surface area (Å²) in [6, 6.07) is 3.45. The first-order chi connectivity index (χ1) is 8.88. The highest BCUT2D eigenvalue weighted by Crippen LogP contribution is 2.43. The summed E-state index contributed by atoms with van der Waals surface area (Å²) >= 11 is 0. The standard InChI is InChI=1S/C13H19FN2O2S/c1-2-13(6-3-7-13)9-16-19(17,18)10-4-5-11(14)12(15)8-10/h4-5,8,16H,2-3,6-7,9,15H2,1H3. The minimum Gasteiger partial charge on any atom is -0.396 e. The Morgan fingerprint density at radius 3 is 2.58 bits per heavy atom. The lowest BCUT2D eigenvalue weighted by Gasteiger charge is -2.41. The maximum atomic E-state index is 13.0. The van der Waals surface area contributed by atoms with Crippen LogP contribution in [-0.4, -0.2) is 15.0 Å². The fourth-order valence-corrected chi connectivity index (χ4v) is 3.54. The van der Waals surface area contributed by atoms with Gasteiger partial charge in [-0.1, -0.05) is 13.3 Å². The maximum absolute atomic E-state index is 13.0. The lowest BCUT2D eigenvalue weighted by Crippen LogP contribution is -2.41. The van der Waals surface area contributed by atoms with Gasteiger partial charge in [0.2, 0.25) is 10.0 Å². The minimum absolute atomic E-state index is 0.0111. The number of nitrogen functional groups attached to an aromatic ring is 1. The highest BCUT2D eigenvalue weighted by atomic mass is 32.2. The van der Waals surface area contributed by atoms with E-state index in [1.165, 1.54) is 6.07 Å². The molecule has 19 heavy (non-hydrogen) atoms. The van der Waals surface area contributed by atoms with Gasteiger partial charge in [0.25, 0.3) is 0 Å². The number of nitrogens with one attached hydrogen (secondary N) is 1. The van der Waals surface area contributed by atoms with Crippen molar-refractivity contribution >= 4 is 15.7 Å². The van der Waals surface area contributed by atoms with Gasteiger partial charge in [0.15, 0.2) is 0 Å². The van der Waals surface area contributed by atoms with E-state index in [0.29, 0.717) is 6.54 Å². The first kappa shape index (κ1) is 14.3. The van der Waals surface area contributed by atoms with Gasteiger partial charge in [-0.05, 0) is 42.9 Å². The van der Waals surface area contributed by atoms with Crippen molar-refractivity contribution in [3.63, 3.8) is 0 Å². The van der Waals surface area contributed by atoms with E-state index >= 15 is 0 Å². The Bertz CT molecular complexity index is 562. The van der Waals surface area contributed by atoms with E-state index in [9.17, 15) is 12.8 Å². The fourth-order valence-electron chi connectivity index (χ4n) is 2.35.